The van der Waals surface area contributed by atoms with Crippen molar-refractivity contribution in [3.63, 3.8) is 0 Å². The molecule has 1 rings (SSSR count). The molecule has 0 saturated carbocycles. The van der Waals surface area contributed by atoms with Crippen LogP contribution >= 0.6 is 0 Å². The Bertz CT molecular complexity index is 356. The number of benzene rings is 1. The van der Waals surface area contributed by atoms with Gasteiger partial charge in [-0.3, -0.25) is 0 Å². The molecule has 3 heteroatoms. The van der Waals surface area contributed by atoms with Gasteiger partial charge in [-0.25, -0.2) is 4.79 Å². The van der Waals surface area contributed by atoms with E-state index < -0.39 is 0 Å². The second kappa shape index (κ2) is 7.77. The Kier molecular flexibility index (Phi) is 6.23. The molecule has 0 aliphatic carbocycles. The van der Waals surface area contributed by atoms with Crippen molar-refractivity contribution in [1.82, 2.24) is 0 Å². The van der Waals surface area contributed by atoms with Gasteiger partial charge in [0, 0.05) is 6.61 Å². The average Bonchev–Trinajstić information content (AvgIpc) is 2.34. The van der Waals surface area contributed by atoms with Gasteiger partial charge in [0.1, 0.15) is 0 Å². The second-order valence-electron chi connectivity index (χ2n) is 4.21. The normalized spacial score (nSPS) is 12.2. The van der Waals surface area contributed by atoms with E-state index in [4.69, 9.17) is 4.74 Å². The van der Waals surface area contributed by atoms with E-state index in [1.807, 2.05) is 44.2 Å². The lowest BCUT2D eigenvalue weighted by Gasteiger charge is -2.12. The topological polar surface area (TPSA) is 38.7 Å². The average molecular weight is 233 g/mol. The van der Waals surface area contributed by atoms with Crippen LogP contribution in [0.25, 0.3) is 0 Å². The molecule has 0 saturated heterocycles. The van der Waals surface area contributed by atoms with Crippen molar-refractivity contribution in [3.8, 4) is 0 Å². The highest BCUT2D eigenvalue weighted by atomic mass is 16.5. The fourth-order valence-corrected chi connectivity index (χ4v) is 1.64. The van der Waals surface area contributed by atoms with Crippen LogP contribution in [0, 0.1) is 0 Å². The van der Waals surface area contributed by atoms with Gasteiger partial charge in [-0.15, -0.1) is 0 Å². The van der Waals surface area contributed by atoms with E-state index in [9.17, 15) is 4.79 Å². The van der Waals surface area contributed by atoms with Crippen molar-refractivity contribution in [2.45, 2.75) is 38.8 Å². The molecule has 0 heterocycles. The Hall–Kier alpha value is -1.44. The van der Waals surface area contributed by atoms with Gasteiger partial charge in [-0.1, -0.05) is 30.3 Å². The van der Waals surface area contributed by atoms with E-state index in [2.05, 4.69) is 4.99 Å². The summed E-state index contributed by atoms with van der Waals surface area (Å²) in [5.74, 6) is 0. The molecule has 1 atom stereocenters. The maximum atomic E-state index is 10.4. The van der Waals surface area contributed by atoms with Crippen LogP contribution in [0.2, 0.25) is 0 Å². The summed E-state index contributed by atoms with van der Waals surface area (Å²) in [6.07, 6.45) is 3.60. The van der Waals surface area contributed by atoms with Crippen LogP contribution in [0.4, 0.5) is 0 Å². The molecule has 0 aliphatic rings. The molecule has 1 aromatic rings. The number of hydrogen-bond acceptors (Lipinski definition) is 3. The molecular formula is C14H19NO2. The van der Waals surface area contributed by atoms with Gasteiger partial charge in [-0.2, -0.15) is 4.99 Å². The van der Waals surface area contributed by atoms with Crippen LogP contribution in [0.3, 0.4) is 0 Å². The van der Waals surface area contributed by atoms with Crippen LogP contribution in [0.1, 0.15) is 38.3 Å². The molecule has 0 N–H and O–H groups in total. The molecule has 1 aromatic carbocycles. The van der Waals surface area contributed by atoms with Crippen molar-refractivity contribution < 1.29 is 9.53 Å². The maximum Gasteiger partial charge on any atom is 0.235 e. The largest absolute Gasteiger partial charge is 0.379 e. The van der Waals surface area contributed by atoms with Crippen LogP contribution in [-0.2, 0) is 9.53 Å². The highest BCUT2D eigenvalue weighted by molar-refractivity contribution is 5.35. The van der Waals surface area contributed by atoms with E-state index in [1.165, 1.54) is 0 Å². The quantitative estimate of drug-likeness (QED) is 0.412. The van der Waals surface area contributed by atoms with Crippen molar-refractivity contribution >= 4 is 6.08 Å². The molecule has 0 aromatic heterocycles. The summed E-state index contributed by atoms with van der Waals surface area (Å²) in [6.45, 7) is 4.73. The Morgan fingerprint density at radius 2 is 2.00 bits per heavy atom. The minimum Gasteiger partial charge on any atom is -0.379 e. The van der Waals surface area contributed by atoms with E-state index in [1.54, 1.807) is 6.08 Å². The van der Waals surface area contributed by atoms with E-state index in [-0.39, 0.29) is 12.1 Å². The lowest BCUT2D eigenvalue weighted by Crippen LogP contribution is -2.05. The molecule has 0 spiro atoms. The van der Waals surface area contributed by atoms with Crippen LogP contribution in [0.5, 0.6) is 0 Å². The highest BCUT2D eigenvalue weighted by Crippen LogP contribution is 2.21. The zero-order chi connectivity index (χ0) is 12.5. The number of rotatable bonds is 7. The predicted octanol–water partition coefficient (Wildman–Crippen LogP) is 3.27. The number of isocyanates is 1. The Balaban J connectivity index is 2.47. The van der Waals surface area contributed by atoms with E-state index >= 15 is 0 Å². The summed E-state index contributed by atoms with van der Waals surface area (Å²) in [5.41, 5.74) is 1.06. The zero-order valence-electron chi connectivity index (χ0n) is 10.4. The third kappa shape index (κ3) is 5.43. The standard InChI is InChI=1S/C14H19NO2/c1-12(2)17-10-6-9-14(15-11-16)13-7-4-3-5-8-13/h3-5,7-8,12,14H,6,9-10H2,1-2H3. The molecule has 0 bridgehead atoms. The van der Waals surface area contributed by atoms with E-state index in [0.29, 0.717) is 6.61 Å². The summed E-state index contributed by atoms with van der Waals surface area (Å²) in [6, 6.07) is 9.72. The van der Waals surface area contributed by atoms with Crippen molar-refractivity contribution in [2.24, 2.45) is 4.99 Å². The van der Waals surface area contributed by atoms with Crippen molar-refractivity contribution in [3.05, 3.63) is 35.9 Å². The van der Waals surface area contributed by atoms with Crippen LogP contribution in [0.15, 0.2) is 35.3 Å². The molecule has 1 unspecified atom stereocenters. The van der Waals surface area contributed by atoms with Gasteiger partial charge >= 0.3 is 0 Å². The number of hydrogen-bond donors (Lipinski definition) is 0. The molecule has 0 aliphatic heterocycles. The summed E-state index contributed by atoms with van der Waals surface area (Å²) < 4.78 is 5.47. The first-order valence-corrected chi connectivity index (χ1v) is 5.97. The number of ether oxygens (including phenoxy) is 1. The highest BCUT2D eigenvalue weighted by Gasteiger charge is 2.09. The summed E-state index contributed by atoms with van der Waals surface area (Å²) in [4.78, 5) is 14.3. The molecule has 0 radical (unpaired) electrons. The van der Waals surface area contributed by atoms with E-state index in [0.717, 1.165) is 18.4 Å². The Labute approximate surface area is 103 Å². The lowest BCUT2D eigenvalue weighted by atomic mass is 10.0. The molecule has 92 valence electrons. The minimum absolute atomic E-state index is 0.0931. The summed E-state index contributed by atoms with van der Waals surface area (Å²) in [7, 11) is 0. The molecule has 3 nitrogen and oxygen atoms in total. The Morgan fingerprint density at radius 3 is 2.59 bits per heavy atom. The van der Waals surface area contributed by atoms with Gasteiger partial charge in [0.15, 0.2) is 0 Å². The first kappa shape index (κ1) is 13.6. The summed E-state index contributed by atoms with van der Waals surface area (Å²) in [5, 5.41) is 0. The van der Waals surface area contributed by atoms with Crippen molar-refractivity contribution in [2.75, 3.05) is 6.61 Å². The molecular weight excluding hydrogens is 214 g/mol. The molecule has 0 fully saturated rings. The summed E-state index contributed by atoms with van der Waals surface area (Å²) >= 11 is 0. The monoisotopic (exact) mass is 233 g/mol. The van der Waals surface area contributed by atoms with Gasteiger partial charge in [0.25, 0.3) is 0 Å². The predicted molar refractivity (Wildman–Crippen MR) is 67.6 cm³/mol. The number of aliphatic imine (C=N–C) groups is 1. The fourth-order valence-electron chi connectivity index (χ4n) is 1.64. The lowest BCUT2D eigenvalue weighted by molar-refractivity contribution is 0.0751. The van der Waals surface area contributed by atoms with Gasteiger partial charge in [0.05, 0.1) is 12.1 Å². The first-order chi connectivity index (χ1) is 8.24. The van der Waals surface area contributed by atoms with Crippen molar-refractivity contribution in [1.29, 1.82) is 0 Å². The third-order valence-electron chi connectivity index (χ3n) is 2.47. The van der Waals surface area contributed by atoms with Crippen LogP contribution in [-0.4, -0.2) is 18.8 Å². The zero-order valence-corrected chi connectivity index (χ0v) is 10.4. The SMILES string of the molecule is CC(C)OCCCC(N=C=O)c1ccccc1. The number of carbonyl (C=O) groups excluding carboxylic acids is 1. The van der Waals surface area contributed by atoms with Gasteiger partial charge in [0.2, 0.25) is 6.08 Å². The number of nitrogens with zero attached hydrogens (tertiary/aromatic N) is 1. The third-order valence-corrected chi connectivity index (χ3v) is 2.47. The van der Waals surface area contributed by atoms with Gasteiger partial charge in [-0.05, 0) is 32.3 Å². The Morgan fingerprint density at radius 1 is 1.29 bits per heavy atom. The minimum atomic E-state index is -0.0931. The van der Waals surface area contributed by atoms with Crippen LogP contribution < -0.4 is 0 Å². The molecule has 17 heavy (non-hydrogen) atoms. The fraction of sp³-hybridized carbons (Fsp3) is 0.500. The second-order valence-corrected chi connectivity index (χ2v) is 4.21. The molecule has 0 amide bonds. The van der Waals surface area contributed by atoms with Gasteiger partial charge < -0.3 is 4.74 Å². The smallest absolute Gasteiger partial charge is 0.235 e. The maximum absolute atomic E-state index is 10.4. The first-order valence-electron chi connectivity index (χ1n) is 5.97.